The normalized spacial score (nSPS) is 11.3. The minimum Gasteiger partial charge on any atom is -0.497 e. The summed E-state index contributed by atoms with van der Waals surface area (Å²) in [7, 11) is 5.14. The summed E-state index contributed by atoms with van der Waals surface area (Å²) in [6.45, 7) is 0.501. The number of ether oxygens (including phenoxy) is 2. The Morgan fingerprint density at radius 3 is 2.45 bits per heavy atom. The standard InChI is InChI=1S/C29H28N6O3/c1-34-18-21(16-32-34)29-17-31-27-7-6-23(14-28(27)33-29)35(24-12-25(37-2)15-26(13-24)38-3)10-4-5-22-11-20(19-36)8-9-30-22/h4-9,11-18,36H,10,19H2,1-3H3/b5-4+. The van der Waals surface area contributed by atoms with Gasteiger partial charge in [0.15, 0.2) is 0 Å². The molecule has 192 valence electrons. The first kappa shape index (κ1) is 24.9. The van der Waals surface area contributed by atoms with Crippen LogP contribution in [0.3, 0.4) is 0 Å². The lowest BCUT2D eigenvalue weighted by Crippen LogP contribution is -2.17. The first-order valence-corrected chi connectivity index (χ1v) is 12.0. The van der Waals surface area contributed by atoms with Crippen LogP contribution in [0.2, 0.25) is 0 Å². The Balaban J connectivity index is 1.55. The number of hydrogen-bond acceptors (Lipinski definition) is 8. The first-order valence-electron chi connectivity index (χ1n) is 12.0. The molecule has 0 aliphatic rings. The van der Waals surface area contributed by atoms with Gasteiger partial charge in [0.2, 0.25) is 0 Å². The molecule has 0 spiro atoms. The Labute approximate surface area is 220 Å². The van der Waals surface area contributed by atoms with E-state index in [1.165, 1.54) is 0 Å². The average Bonchev–Trinajstić information content (AvgIpc) is 3.40. The quantitative estimate of drug-likeness (QED) is 0.304. The summed E-state index contributed by atoms with van der Waals surface area (Å²) in [6.07, 6.45) is 11.1. The second-order valence-corrected chi connectivity index (χ2v) is 8.66. The molecule has 0 saturated heterocycles. The molecule has 0 atom stereocenters. The topological polar surface area (TPSA) is 98.4 Å². The van der Waals surface area contributed by atoms with Crippen LogP contribution < -0.4 is 14.4 Å². The lowest BCUT2D eigenvalue weighted by Gasteiger charge is -2.25. The number of anilines is 2. The van der Waals surface area contributed by atoms with Gasteiger partial charge < -0.3 is 19.5 Å². The fourth-order valence-electron chi connectivity index (χ4n) is 4.13. The zero-order valence-corrected chi connectivity index (χ0v) is 21.4. The van der Waals surface area contributed by atoms with Crippen LogP contribution in [0.1, 0.15) is 11.3 Å². The van der Waals surface area contributed by atoms with E-state index in [2.05, 4.69) is 20.0 Å². The maximum Gasteiger partial charge on any atom is 0.124 e. The molecule has 2 aromatic carbocycles. The van der Waals surface area contributed by atoms with Gasteiger partial charge >= 0.3 is 0 Å². The highest BCUT2D eigenvalue weighted by molar-refractivity contribution is 5.83. The SMILES string of the molecule is COc1cc(OC)cc(N(C/C=C/c2cc(CO)ccn2)c2ccc3ncc(-c4cnn(C)c4)nc3c2)c1. The molecule has 0 aliphatic carbocycles. The molecule has 0 fully saturated rings. The van der Waals surface area contributed by atoms with E-state index in [-0.39, 0.29) is 6.61 Å². The number of rotatable bonds is 9. The van der Waals surface area contributed by atoms with Crippen LogP contribution >= 0.6 is 0 Å². The predicted octanol–water partition coefficient (Wildman–Crippen LogP) is 4.79. The summed E-state index contributed by atoms with van der Waals surface area (Å²) in [5.74, 6) is 1.37. The number of aryl methyl sites for hydroxylation is 1. The minimum atomic E-state index is -0.0295. The van der Waals surface area contributed by atoms with E-state index in [1.807, 2.05) is 67.9 Å². The van der Waals surface area contributed by atoms with Crippen molar-refractivity contribution in [1.82, 2.24) is 24.7 Å². The number of methoxy groups -OCH3 is 2. The molecule has 3 aromatic heterocycles. The summed E-state index contributed by atoms with van der Waals surface area (Å²) < 4.78 is 12.8. The third-order valence-electron chi connectivity index (χ3n) is 6.09. The van der Waals surface area contributed by atoms with Gasteiger partial charge in [-0.1, -0.05) is 6.08 Å². The third kappa shape index (κ3) is 5.47. The minimum absolute atomic E-state index is 0.0295. The van der Waals surface area contributed by atoms with Crippen molar-refractivity contribution in [3.63, 3.8) is 0 Å². The maximum absolute atomic E-state index is 9.45. The first-order chi connectivity index (χ1) is 18.6. The van der Waals surface area contributed by atoms with E-state index in [9.17, 15) is 5.11 Å². The van der Waals surface area contributed by atoms with Crippen LogP contribution in [-0.2, 0) is 13.7 Å². The van der Waals surface area contributed by atoms with Crippen molar-refractivity contribution in [3.05, 3.63) is 90.7 Å². The van der Waals surface area contributed by atoms with Crippen molar-refractivity contribution >= 4 is 28.5 Å². The molecule has 0 amide bonds. The van der Waals surface area contributed by atoms with E-state index in [1.54, 1.807) is 43.6 Å². The Bertz CT molecular complexity index is 1570. The molecule has 5 rings (SSSR count). The number of fused-ring (bicyclic) bond motifs is 1. The van der Waals surface area contributed by atoms with Gasteiger partial charge in [-0.05, 0) is 42.0 Å². The summed E-state index contributed by atoms with van der Waals surface area (Å²) >= 11 is 0. The van der Waals surface area contributed by atoms with Crippen molar-refractivity contribution in [2.24, 2.45) is 7.05 Å². The zero-order chi connectivity index (χ0) is 26.5. The fraction of sp³-hybridized carbons (Fsp3) is 0.172. The molecule has 5 aromatic rings. The summed E-state index contributed by atoms with van der Waals surface area (Å²) in [6, 6.07) is 15.4. The molecule has 9 nitrogen and oxygen atoms in total. The van der Waals surface area contributed by atoms with E-state index < -0.39 is 0 Å². The molecule has 0 bridgehead atoms. The third-order valence-corrected chi connectivity index (χ3v) is 6.09. The van der Waals surface area contributed by atoms with Gasteiger partial charge in [0.1, 0.15) is 11.5 Å². The van der Waals surface area contributed by atoms with Gasteiger partial charge in [0, 0.05) is 61.1 Å². The lowest BCUT2D eigenvalue weighted by molar-refractivity contribution is 0.281. The van der Waals surface area contributed by atoms with E-state index in [0.717, 1.165) is 44.9 Å². The van der Waals surface area contributed by atoms with Crippen LogP contribution in [0.5, 0.6) is 11.5 Å². The van der Waals surface area contributed by atoms with Crippen molar-refractivity contribution in [2.75, 3.05) is 25.7 Å². The van der Waals surface area contributed by atoms with Crippen LogP contribution in [0.25, 0.3) is 28.4 Å². The summed E-state index contributed by atoms with van der Waals surface area (Å²) in [5.41, 5.74) is 6.62. The number of aliphatic hydroxyl groups is 1. The van der Waals surface area contributed by atoms with Crippen molar-refractivity contribution in [2.45, 2.75) is 6.61 Å². The maximum atomic E-state index is 9.45. The van der Waals surface area contributed by atoms with Gasteiger partial charge in [-0.25, -0.2) is 4.98 Å². The highest BCUT2D eigenvalue weighted by Gasteiger charge is 2.14. The van der Waals surface area contributed by atoms with Gasteiger partial charge in [-0.15, -0.1) is 0 Å². The Hall–Kier alpha value is -4.76. The fourth-order valence-corrected chi connectivity index (χ4v) is 4.13. The largest absolute Gasteiger partial charge is 0.497 e. The number of benzene rings is 2. The number of pyridine rings is 1. The Morgan fingerprint density at radius 1 is 0.921 bits per heavy atom. The average molecular weight is 509 g/mol. The molecule has 38 heavy (non-hydrogen) atoms. The second kappa shape index (κ2) is 11.1. The molecular weight excluding hydrogens is 480 g/mol. The Morgan fingerprint density at radius 2 is 1.74 bits per heavy atom. The van der Waals surface area contributed by atoms with Crippen molar-refractivity contribution < 1.29 is 14.6 Å². The van der Waals surface area contributed by atoms with Crippen molar-refractivity contribution in [1.29, 1.82) is 0 Å². The van der Waals surface area contributed by atoms with Crippen LogP contribution in [0, 0.1) is 0 Å². The van der Waals surface area contributed by atoms with Gasteiger partial charge in [-0.2, -0.15) is 5.10 Å². The second-order valence-electron chi connectivity index (χ2n) is 8.66. The molecule has 3 heterocycles. The summed E-state index contributed by atoms with van der Waals surface area (Å²) in [5, 5.41) is 13.7. The van der Waals surface area contributed by atoms with Crippen LogP contribution in [-0.4, -0.2) is 50.6 Å². The zero-order valence-electron chi connectivity index (χ0n) is 21.4. The molecule has 0 saturated carbocycles. The number of nitrogens with zero attached hydrogens (tertiary/aromatic N) is 6. The van der Waals surface area contributed by atoms with Crippen LogP contribution in [0.15, 0.2) is 79.4 Å². The van der Waals surface area contributed by atoms with Crippen LogP contribution in [0.4, 0.5) is 11.4 Å². The lowest BCUT2D eigenvalue weighted by atomic mass is 10.1. The summed E-state index contributed by atoms with van der Waals surface area (Å²) in [4.78, 5) is 16.0. The molecule has 0 radical (unpaired) electrons. The van der Waals surface area contributed by atoms with E-state index in [0.29, 0.717) is 18.0 Å². The smallest absolute Gasteiger partial charge is 0.124 e. The molecule has 9 heteroatoms. The van der Waals surface area contributed by atoms with Gasteiger partial charge in [0.25, 0.3) is 0 Å². The van der Waals surface area contributed by atoms with Gasteiger partial charge in [-0.3, -0.25) is 14.6 Å². The molecular formula is C29H28N6O3. The van der Waals surface area contributed by atoms with E-state index in [4.69, 9.17) is 14.5 Å². The highest BCUT2D eigenvalue weighted by atomic mass is 16.5. The highest BCUT2D eigenvalue weighted by Crippen LogP contribution is 2.34. The van der Waals surface area contributed by atoms with Gasteiger partial charge in [0.05, 0.1) is 55.6 Å². The predicted molar refractivity (Wildman–Crippen MR) is 147 cm³/mol. The van der Waals surface area contributed by atoms with Crippen molar-refractivity contribution in [3.8, 4) is 22.8 Å². The number of hydrogen-bond donors (Lipinski definition) is 1. The molecule has 0 aliphatic heterocycles. The monoisotopic (exact) mass is 508 g/mol. The number of aliphatic hydroxyl groups excluding tert-OH is 1. The Kier molecular flexibility index (Phi) is 7.28. The molecule has 0 unspecified atom stereocenters. The number of aromatic nitrogens is 5. The van der Waals surface area contributed by atoms with E-state index >= 15 is 0 Å². The molecule has 1 N–H and O–H groups in total.